The number of phenolic OH excluding ortho intramolecular Hbond substituents is 1. The molecule has 0 aliphatic carbocycles. The average molecular weight is 308 g/mol. The van der Waals surface area contributed by atoms with Crippen LogP contribution in [0, 0.1) is 0 Å². The van der Waals surface area contributed by atoms with Crippen molar-refractivity contribution >= 4 is 17.6 Å². The molecule has 0 unspecified atom stereocenters. The van der Waals surface area contributed by atoms with Gasteiger partial charge >= 0.3 is 5.97 Å². The summed E-state index contributed by atoms with van der Waals surface area (Å²) in [6, 6.07) is 4.40. The monoisotopic (exact) mass is 308 g/mol. The Labute approximate surface area is 130 Å². The van der Waals surface area contributed by atoms with E-state index in [1.54, 1.807) is 0 Å². The largest absolute Gasteiger partial charge is 0.506 e. The summed E-state index contributed by atoms with van der Waals surface area (Å²) < 4.78 is 0. The van der Waals surface area contributed by atoms with Crippen LogP contribution in [-0.2, 0) is 16.0 Å². The Bertz CT molecular complexity index is 517. The van der Waals surface area contributed by atoms with E-state index in [4.69, 9.17) is 5.11 Å². The highest BCUT2D eigenvalue weighted by molar-refractivity contribution is 5.92. The Kier molecular flexibility index (Phi) is 7.39. The summed E-state index contributed by atoms with van der Waals surface area (Å²) in [6.07, 6.45) is 2.38. The van der Waals surface area contributed by atoms with Crippen LogP contribution in [0.15, 0.2) is 18.2 Å². The number of carboxylic acids is 1. The van der Waals surface area contributed by atoms with Crippen LogP contribution in [0.2, 0.25) is 0 Å². The standard InChI is InChI=1S/C16H24N2O4/c1-3-4-8-18(2)9-7-15(20)17-13-10-12(11-16(21)22)5-6-14(13)19/h5-6,10,19H,3-4,7-9,11H2,1-2H3,(H,17,20)(H,21,22). The molecule has 0 heterocycles. The number of phenols is 1. The molecule has 6 heteroatoms. The Morgan fingerprint density at radius 2 is 2.00 bits per heavy atom. The van der Waals surface area contributed by atoms with Crippen molar-refractivity contribution in [3.8, 4) is 5.75 Å². The molecule has 0 aliphatic heterocycles. The maximum atomic E-state index is 11.9. The summed E-state index contributed by atoms with van der Waals surface area (Å²) in [6.45, 7) is 3.71. The lowest BCUT2D eigenvalue weighted by molar-refractivity contribution is -0.136. The predicted octanol–water partition coefficient (Wildman–Crippen LogP) is 2.08. The molecule has 6 nitrogen and oxygen atoms in total. The smallest absolute Gasteiger partial charge is 0.307 e. The molecule has 0 aliphatic rings. The van der Waals surface area contributed by atoms with Gasteiger partial charge in [0.25, 0.3) is 0 Å². The lowest BCUT2D eigenvalue weighted by Gasteiger charge is -2.16. The van der Waals surface area contributed by atoms with Gasteiger partial charge in [-0.15, -0.1) is 0 Å². The Balaban J connectivity index is 2.54. The summed E-state index contributed by atoms with van der Waals surface area (Å²) in [5.41, 5.74) is 0.778. The Morgan fingerprint density at radius 1 is 1.27 bits per heavy atom. The second-order valence-corrected chi connectivity index (χ2v) is 5.38. The lowest BCUT2D eigenvalue weighted by atomic mass is 10.1. The molecule has 3 N–H and O–H groups in total. The summed E-state index contributed by atoms with van der Waals surface area (Å²) in [4.78, 5) is 24.7. The zero-order valence-corrected chi connectivity index (χ0v) is 13.1. The van der Waals surface area contributed by atoms with E-state index in [-0.39, 0.29) is 23.8 Å². The molecule has 0 saturated carbocycles. The van der Waals surface area contributed by atoms with Gasteiger partial charge in [-0.2, -0.15) is 0 Å². The molecule has 0 atom stereocenters. The molecule has 0 radical (unpaired) electrons. The topological polar surface area (TPSA) is 89.9 Å². The SMILES string of the molecule is CCCCN(C)CCC(=O)Nc1cc(CC(=O)O)ccc1O. The number of unbranched alkanes of at least 4 members (excludes halogenated alkanes) is 1. The van der Waals surface area contributed by atoms with Crippen LogP contribution in [0.3, 0.4) is 0 Å². The number of aromatic hydroxyl groups is 1. The van der Waals surface area contributed by atoms with Gasteiger partial charge in [-0.05, 0) is 37.7 Å². The highest BCUT2D eigenvalue weighted by Crippen LogP contribution is 2.24. The maximum absolute atomic E-state index is 11.9. The van der Waals surface area contributed by atoms with E-state index in [1.165, 1.54) is 18.2 Å². The van der Waals surface area contributed by atoms with Gasteiger partial charge in [0.2, 0.25) is 5.91 Å². The third-order valence-corrected chi connectivity index (χ3v) is 3.30. The van der Waals surface area contributed by atoms with E-state index in [0.717, 1.165) is 19.4 Å². The fourth-order valence-corrected chi connectivity index (χ4v) is 2.01. The first-order valence-electron chi connectivity index (χ1n) is 7.44. The first-order chi connectivity index (χ1) is 10.4. The highest BCUT2D eigenvalue weighted by Gasteiger charge is 2.10. The van der Waals surface area contributed by atoms with Crippen LogP contribution in [0.4, 0.5) is 5.69 Å². The zero-order chi connectivity index (χ0) is 16.5. The van der Waals surface area contributed by atoms with E-state index in [1.807, 2.05) is 7.05 Å². The molecule has 22 heavy (non-hydrogen) atoms. The van der Waals surface area contributed by atoms with Crippen molar-refractivity contribution in [2.45, 2.75) is 32.6 Å². The fraction of sp³-hybridized carbons (Fsp3) is 0.500. The Morgan fingerprint density at radius 3 is 2.64 bits per heavy atom. The maximum Gasteiger partial charge on any atom is 0.307 e. The number of anilines is 1. The zero-order valence-electron chi connectivity index (χ0n) is 13.1. The van der Waals surface area contributed by atoms with Crippen molar-refractivity contribution in [3.05, 3.63) is 23.8 Å². The molecular weight excluding hydrogens is 284 g/mol. The molecule has 1 rings (SSSR count). The van der Waals surface area contributed by atoms with Crippen LogP contribution in [0.1, 0.15) is 31.7 Å². The third-order valence-electron chi connectivity index (χ3n) is 3.30. The van der Waals surface area contributed by atoms with Crippen molar-refractivity contribution in [2.24, 2.45) is 0 Å². The molecule has 0 spiro atoms. The van der Waals surface area contributed by atoms with E-state index in [2.05, 4.69) is 17.1 Å². The van der Waals surface area contributed by atoms with Crippen LogP contribution in [0.25, 0.3) is 0 Å². The minimum Gasteiger partial charge on any atom is -0.506 e. The molecule has 0 fully saturated rings. The van der Waals surface area contributed by atoms with Crippen LogP contribution in [-0.4, -0.2) is 47.1 Å². The van der Waals surface area contributed by atoms with Gasteiger partial charge in [-0.1, -0.05) is 19.4 Å². The minimum absolute atomic E-state index is 0.0678. The number of amides is 1. The lowest BCUT2D eigenvalue weighted by Crippen LogP contribution is -2.25. The first-order valence-corrected chi connectivity index (χ1v) is 7.44. The van der Waals surface area contributed by atoms with Gasteiger partial charge in [-0.25, -0.2) is 0 Å². The summed E-state index contributed by atoms with van der Waals surface area (Å²) >= 11 is 0. The number of hydrogen-bond donors (Lipinski definition) is 3. The van der Waals surface area contributed by atoms with Crippen LogP contribution in [0.5, 0.6) is 5.75 Å². The van der Waals surface area contributed by atoms with Gasteiger partial charge in [0.15, 0.2) is 0 Å². The highest BCUT2D eigenvalue weighted by atomic mass is 16.4. The molecule has 122 valence electrons. The molecule has 1 amide bonds. The van der Waals surface area contributed by atoms with Crippen molar-refractivity contribution in [2.75, 3.05) is 25.5 Å². The third kappa shape index (κ3) is 6.58. The minimum atomic E-state index is -0.958. The number of carbonyl (C=O) groups is 2. The number of benzene rings is 1. The number of hydrogen-bond acceptors (Lipinski definition) is 4. The molecule has 0 saturated heterocycles. The number of rotatable bonds is 9. The summed E-state index contributed by atoms with van der Waals surface area (Å²) in [5, 5.41) is 21.1. The second kappa shape index (κ2) is 9.04. The predicted molar refractivity (Wildman–Crippen MR) is 85.1 cm³/mol. The fourth-order valence-electron chi connectivity index (χ4n) is 2.01. The molecule has 0 aromatic heterocycles. The van der Waals surface area contributed by atoms with Crippen molar-refractivity contribution < 1.29 is 19.8 Å². The molecular formula is C16H24N2O4. The van der Waals surface area contributed by atoms with Gasteiger partial charge in [-0.3, -0.25) is 9.59 Å². The number of carbonyl (C=O) groups excluding carboxylic acids is 1. The van der Waals surface area contributed by atoms with Crippen LogP contribution < -0.4 is 5.32 Å². The van der Waals surface area contributed by atoms with Crippen molar-refractivity contribution in [3.63, 3.8) is 0 Å². The van der Waals surface area contributed by atoms with E-state index in [9.17, 15) is 14.7 Å². The molecule has 0 bridgehead atoms. The normalized spacial score (nSPS) is 10.7. The Hall–Kier alpha value is -2.08. The molecule has 1 aromatic rings. The van der Waals surface area contributed by atoms with Gasteiger partial charge < -0.3 is 20.4 Å². The summed E-state index contributed by atoms with van der Waals surface area (Å²) in [7, 11) is 1.97. The van der Waals surface area contributed by atoms with Crippen molar-refractivity contribution in [1.82, 2.24) is 4.90 Å². The average Bonchev–Trinajstić information content (AvgIpc) is 2.46. The number of carboxylic acid groups (broad SMARTS) is 1. The number of aliphatic carboxylic acids is 1. The number of nitrogens with one attached hydrogen (secondary N) is 1. The molecule has 1 aromatic carbocycles. The number of nitrogens with zero attached hydrogens (tertiary/aromatic N) is 1. The quantitative estimate of drug-likeness (QED) is 0.608. The van der Waals surface area contributed by atoms with E-state index >= 15 is 0 Å². The van der Waals surface area contributed by atoms with E-state index in [0.29, 0.717) is 18.5 Å². The van der Waals surface area contributed by atoms with Crippen LogP contribution >= 0.6 is 0 Å². The summed E-state index contributed by atoms with van der Waals surface area (Å²) in [5.74, 6) is -1.23. The van der Waals surface area contributed by atoms with E-state index < -0.39 is 5.97 Å². The van der Waals surface area contributed by atoms with Gasteiger partial charge in [0, 0.05) is 13.0 Å². The van der Waals surface area contributed by atoms with Gasteiger partial charge in [0.1, 0.15) is 5.75 Å². The van der Waals surface area contributed by atoms with Gasteiger partial charge in [0.05, 0.1) is 12.1 Å². The van der Waals surface area contributed by atoms with Crippen molar-refractivity contribution in [1.29, 1.82) is 0 Å². The first kappa shape index (κ1) is 18.0. The second-order valence-electron chi connectivity index (χ2n) is 5.38.